The number of benzene rings is 2. The molecule has 0 heterocycles. The molecule has 0 bridgehead atoms. The van der Waals surface area contributed by atoms with E-state index < -0.39 is 5.97 Å². The van der Waals surface area contributed by atoms with Gasteiger partial charge in [-0.25, -0.2) is 4.79 Å². The third-order valence-corrected chi connectivity index (χ3v) is 4.51. The van der Waals surface area contributed by atoms with Crippen LogP contribution in [0, 0.1) is 0 Å². The summed E-state index contributed by atoms with van der Waals surface area (Å²) in [5.74, 6) is -0.659. The summed E-state index contributed by atoms with van der Waals surface area (Å²) in [6.45, 7) is 0.254. The highest BCUT2D eigenvalue weighted by atomic mass is 16.5. The molecule has 0 N–H and O–H groups in total. The van der Waals surface area contributed by atoms with Crippen LogP contribution in [0.2, 0.25) is 0 Å². The molecule has 0 saturated carbocycles. The number of fused-ring (bicyclic) bond motifs is 1. The van der Waals surface area contributed by atoms with E-state index in [0.29, 0.717) is 17.7 Å². The highest BCUT2D eigenvalue weighted by Crippen LogP contribution is 2.22. The summed E-state index contributed by atoms with van der Waals surface area (Å²) in [7, 11) is 1.62. The molecule has 0 spiro atoms. The minimum Gasteiger partial charge on any atom is -0.454 e. The molecule has 0 aliphatic heterocycles. The van der Waals surface area contributed by atoms with Gasteiger partial charge in [-0.15, -0.1) is 0 Å². The van der Waals surface area contributed by atoms with Gasteiger partial charge in [0.25, 0.3) is 0 Å². The summed E-state index contributed by atoms with van der Waals surface area (Å²) >= 11 is 0. The van der Waals surface area contributed by atoms with Crippen molar-refractivity contribution in [3.8, 4) is 0 Å². The van der Waals surface area contributed by atoms with Crippen LogP contribution in [0.5, 0.6) is 0 Å². The number of methoxy groups -OCH3 is 1. The molecule has 4 heteroatoms. The molecule has 0 saturated heterocycles. The lowest BCUT2D eigenvalue weighted by Crippen LogP contribution is -2.15. The predicted octanol–water partition coefficient (Wildman–Crippen LogP) is 3.75. The SMILES string of the molecule is COCc1ccc(C(=O)OCC(=O)c2ccc3c(c2)CCCC3)cc1. The zero-order chi connectivity index (χ0) is 17.6. The maximum atomic E-state index is 12.3. The Morgan fingerprint density at radius 2 is 1.60 bits per heavy atom. The first kappa shape index (κ1) is 17.4. The van der Waals surface area contributed by atoms with Gasteiger partial charge in [-0.2, -0.15) is 0 Å². The van der Waals surface area contributed by atoms with E-state index in [2.05, 4.69) is 0 Å². The number of rotatable bonds is 6. The van der Waals surface area contributed by atoms with E-state index in [1.165, 1.54) is 24.0 Å². The summed E-state index contributed by atoms with van der Waals surface area (Å²) in [5.41, 5.74) is 4.60. The highest BCUT2D eigenvalue weighted by molar-refractivity contribution is 5.99. The molecule has 0 amide bonds. The number of hydrogen-bond donors (Lipinski definition) is 0. The van der Waals surface area contributed by atoms with Crippen molar-refractivity contribution in [2.45, 2.75) is 32.3 Å². The Hall–Kier alpha value is -2.46. The van der Waals surface area contributed by atoms with E-state index in [0.717, 1.165) is 18.4 Å². The largest absolute Gasteiger partial charge is 0.454 e. The number of hydrogen-bond acceptors (Lipinski definition) is 4. The number of carbonyl (C=O) groups excluding carboxylic acids is 2. The fraction of sp³-hybridized carbons (Fsp3) is 0.333. The Bertz CT molecular complexity index is 762. The van der Waals surface area contributed by atoms with Gasteiger partial charge in [0.15, 0.2) is 12.4 Å². The van der Waals surface area contributed by atoms with Crippen LogP contribution in [0.15, 0.2) is 42.5 Å². The molecule has 4 nitrogen and oxygen atoms in total. The van der Waals surface area contributed by atoms with E-state index in [9.17, 15) is 9.59 Å². The van der Waals surface area contributed by atoms with Gasteiger partial charge in [0.1, 0.15) is 0 Å². The van der Waals surface area contributed by atoms with E-state index in [-0.39, 0.29) is 12.4 Å². The second kappa shape index (κ2) is 8.08. The van der Waals surface area contributed by atoms with Gasteiger partial charge in [-0.1, -0.05) is 24.3 Å². The summed E-state index contributed by atoms with van der Waals surface area (Å²) in [5, 5.41) is 0. The molecular formula is C21H22O4. The minimum atomic E-state index is -0.490. The molecule has 2 aromatic rings. The van der Waals surface area contributed by atoms with Gasteiger partial charge in [0, 0.05) is 12.7 Å². The first-order valence-electron chi connectivity index (χ1n) is 8.57. The van der Waals surface area contributed by atoms with Gasteiger partial charge in [0.2, 0.25) is 0 Å². The summed E-state index contributed by atoms with van der Waals surface area (Å²) < 4.78 is 10.2. The smallest absolute Gasteiger partial charge is 0.338 e. The minimum absolute atomic E-state index is 0.169. The van der Waals surface area contributed by atoms with Crippen LogP contribution >= 0.6 is 0 Å². The van der Waals surface area contributed by atoms with Crippen molar-refractivity contribution in [3.05, 3.63) is 70.3 Å². The fourth-order valence-electron chi connectivity index (χ4n) is 3.11. The van der Waals surface area contributed by atoms with Gasteiger partial charge in [-0.05, 0) is 60.6 Å². The average Bonchev–Trinajstić information content (AvgIpc) is 2.66. The molecule has 1 aliphatic rings. The molecule has 0 unspecified atom stereocenters. The predicted molar refractivity (Wildman–Crippen MR) is 94.9 cm³/mol. The first-order chi connectivity index (χ1) is 12.2. The van der Waals surface area contributed by atoms with E-state index in [1.54, 1.807) is 19.2 Å². The standard InChI is InChI=1S/C21H22O4/c1-24-13-15-6-8-17(9-7-15)21(23)25-14-20(22)19-11-10-16-4-2-3-5-18(16)12-19/h6-12H,2-5,13-14H2,1H3. The number of esters is 1. The Kier molecular flexibility index (Phi) is 5.61. The normalized spacial score (nSPS) is 13.2. The van der Waals surface area contributed by atoms with Crippen molar-refractivity contribution < 1.29 is 19.1 Å². The van der Waals surface area contributed by atoms with Crippen molar-refractivity contribution in [1.29, 1.82) is 0 Å². The van der Waals surface area contributed by atoms with E-state index in [4.69, 9.17) is 9.47 Å². The summed E-state index contributed by atoms with van der Waals surface area (Å²) in [6, 6.07) is 12.8. The Labute approximate surface area is 147 Å². The quantitative estimate of drug-likeness (QED) is 0.594. The molecule has 3 rings (SSSR count). The molecule has 2 aromatic carbocycles. The summed E-state index contributed by atoms with van der Waals surface area (Å²) in [6.07, 6.45) is 4.47. The highest BCUT2D eigenvalue weighted by Gasteiger charge is 2.15. The number of aryl methyl sites for hydroxylation is 2. The van der Waals surface area contributed by atoms with Crippen LogP contribution in [0.1, 0.15) is 50.2 Å². The molecule has 0 radical (unpaired) electrons. The fourth-order valence-corrected chi connectivity index (χ4v) is 3.11. The van der Waals surface area contributed by atoms with Crippen LogP contribution in [-0.2, 0) is 28.9 Å². The van der Waals surface area contributed by atoms with Gasteiger partial charge < -0.3 is 9.47 Å². The molecule has 130 valence electrons. The number of ether oxygens (including phenoxy) is 2. The Morgan fingerprint density at radius 3 is 2.32 bits per heavy atom. The zero-order valence-electron chi connectivity index (χ0n) is 14.4. The first-order valence-corrected chi connectivity index (χ1v) is 8.57. The number of carbonyl (C=O) groups is 2. The van der Waals surface area contributed by atoms with Crippen molar-refractivity contribution in [2.75, 3.05) is 13.7 Å². The van der Waals surface area contributed by atoms with Crippen LogP contribution < -0.4 is 0 Å². The third-order valence-electron chi connectivity index (χ3n) is 4.51. The average molecular weight is 338 g/mol. The van der Waals surface area contributed by atoms with Crippen LogP contribution in [0.4, 0.5) is 0 Å². The molecule has 0 aromatic heterocycles. The summed E-state index contributed by atoms with van der Waals surface area (Å²) in [4.78, 5) is 24.4. The second-order valence-corrected chi connectivity index (χ2v) is 6.32. The van der Waals surface area contributed by atoms with Crippen LogP contribution in [0.25, 0.3) is 0 Å². The van der Waals surface area contributed by atoms with Gasteiger partial charge in [0.05, 0.1) is 12.2 Å². The van der Waals surface area contributed by atoms with E-state index in [1.807, 2.05) is 30.3 Å². The van der Waals surface area contributed by atoms with E-state index >= 15 is 0 Å². The lowest BCUT2D eigenvalue weighted by molar-refractivity contribution is 0.0474. The topological polar surface area (TPSA) is 52.6 Å². The van der Waals surface area contributed by atoms with Crippen LogP contribution in [-0.4, -0.2) is 25.5 Å². The van der Waals surface area contributed by atoms with Crippen molar-refractivity contribution >= 4 is 11.8 Å². The lowest BCUT2D eigenvalue weighted by Gasteiger charge is -2.16. The van der Waals surface area contributed by atoms with Crippen molar-refractivity contribution in [1.82, 2.24) is 0 Å². The molecule has 25 heavy (non-hydrogen) atoms. The number of ketones is 1. The lowest BCUT2D eigenvalue weighted by atomic mass is 9.90. The molecule has 1 aliphatic carbocycles. The monoisotopic (exact) mass is 338 g/mol. The van der Waals surface area contributed by atoms with Crippen molar-refractivity contribution in [3.63, 3.8) is 0 Å². The van der Waals surface area contributed by atoms with Gasteiger partial charge >= 0.3 is 5.97 Å². The maximum absolute atomic E-state index is 12.3. The molecule has 0 atom stereocenters. The Morgan fingerprint density at radius 1 is 0.920 bits per heavy atom. The zero-order valence-corrected chi connectivity index (χ0v) is 14.4. The van der Waals surface area contributed by atoms with Crippen LogP contribution in [0.3, 0.4) is 0 Å². The second-order valence-electron chi connectivity index (χ2n) is 6.32. The molecular weight excluding hydrogens is 316 g/mol. The van der Waals surface area contributed by atoms with Gasteiger partial charge in [-0.3, -0.25) is 4.79 Å². The maximum Gasteiger partial charge on any atom is 0.338 e. The number of Topliss-reactive ketones (excluding diaryl/α,β-unsaturated/α-hetero) is 1. The van der Waals surface area contributed by atoms with Crippen molar-refractivity contribution in [2.24, 2.45) is 0 Å². The third kappa shape index (κ3) is 4.34. The molecule has 0 fully saturated rings. The Balaban J connectivity index is 1.59.